The van der Waals surface area contributed by atoms with Crippen molar-refractivity contribution in [2.45, 2.75) is 13.5 Å². The molecule has 0 aromatic heterocycles. The summed E-state index contributed by atoms with van der Waals surface area (Å²) in [6, 6.07) is 26.9. The van der Waals surface area contributed by atoms with E-state index in [0.717, 1.165) is 5.56 Å². The van der Waals surface area contributed by atoms with Crippen LogP contribution in [-0.2, 0) is 15.8 Å². The summed E-state index contributed by atoms with van der Waals surface area (Å²) < 4.78 is 30.5. The van der Waals surface area contributed by atoms with Gasteiger partial charge in [-0.25, -0.2) is 9.36 Å². The normalized spacial score (nSPS) is 10.8. The van der Waals surface area contributed by atoms with Crippen LogP contribution < -0.4 is 9.05 Å². The van der Waals surface area contributed by atoms with Crippen LogP contribution in [0.1, 0.15) is 12.5 Å². The molecule has 1 amide bonds. The van der Waals surface area contributed by atoms with Crippen LogP contribution in [-0.4, -0.2) is 23.9 Å². The number of carbonyl (C=O) groups excluding carboxylic acids is 1. The minimum atomic E-state index is -3.81. The average Bonchev–Trinajstić information content (AvgIpc) is 2.75. The smallest absolute Gasteiger partial charge is 0.450 e. The Hall–Kier alpha value is -3.24. The first kappa shape index (κ1) is 21.5. The lowest BCUT2D eigenvalue weighted by Crippen LogP contribution is -2.33. The van der Waals surface area contributed by atoms with Crippen molar-refractivity contribution in [1.29, 1.82) is 0 Å². The van der Waals surface area contributed by atoms with Gasteiger partial charge in [0.2, 0.25) is 0 Å². The predicted molar refractivity (Wildman–Crippen MR) is 116 cm³/mol. The van der Waals surface area contributed by atoms with Crippen molar-refractivity contribution >= 4 is 13.7 Å². The van der Waals surface area contributed by atoms with Crippen molar-refractivity contribution in [3.8, 4) is 11.5 Å². The molecule has 0 bridgehead atoms. The molecule has 3 aromatic carbocycles. The molecule has 0 radical (unpaired) electrons. The maximum atomic E-state index is 13.8. The Morgan fingerprint density at radius 2 is 1.27 bits per heavy atom. The van der Waals surface area contributed by atoms with Crippen molar-refractivity contribution < 1.29 is 23.1 Å². The van der Waals surface area contributed by atoms with E-state index in [-0.39, 0.29) is 19.4 Å². The van der Waals surface area contributed by atoms with Gasteiger partial charge in [0.15, 0.2) is 0 Å². The second kappa shape index (κ2) is 10.5. The maximum Gasteiger partial charge on any atom is 0.450 e. The fourth-order valence-corrected chi connectivity index (χ4v) is 4.43. The first-order valence-electron chi connectivity index (χ1n) is 9.62. The van der Waals surface area contributed by atoms with Crippen molar-refractivity contribution in [1.82, 2.24) is 4.90 Å². The van der Waals surface area contributed by atoms with Gasteiger partial charge in [-0.3, -0.25) is 4.90 Å². The van der Waals surface area contributed by atoms with E-state index in [2.05, 4.69) is 0 Å². The topological polar surface area (TPSA) is 65.1 Å². The lowest BCUT2D eigenvalue weighted by atomic mass is 10.2. The average molecular weight is 425 g/mol. The highest BCUT2D eigenvalue weighted by molar-refractivity contribution is 7.54. The van der Waals surface area contributed by atoms with Crippen LogP contribution in [0.2, 0.25) is 0 Å². The molecule has 0 aliphatic carbocycles. The predicted octanol–water partition coefficient (Wildman–Crippen LogP) is 5.95. The summed E-state index contributed by atoms with van der Waals surface area (Å²) >= 11 is 0. The number of amides is 1. The third-order valence-corrected chi connectivity index (χ3v) is 5.73. The second-order valence-corrected chi connectivity index (χ2v) is 8.31. The zero-order valence-electron chi connectivity index (χ0n) is 16.7. The van der Waals surface area contributed by atoms with E-state index in [4.69, 9.17) is 13.8 Å². The molecule has 6 nitrogen and oxygen atoms in total. The molecule has 0 saturated heterocycles. The van der Waals surface area contributed by atoms with Crippen LogP contribution in [0, 0.1) is 0 Å². The second-order valence-electron chi connectivity index (χ2n) is 6.44. The summed E-state index contributed by atoms with van der Waals surface area (Å²) in [5.41, 5.74) is 0.872. The summed E-state index contributed by atoms with van der Waals surface area (Å²) in [6.45, 7) is 2.13. The highest BCUT2D eigenvalue weighted by Crippen LogP contribution is 2.49. The molecule has 7 heteroatoms. The standard InChI is InChI=1S/C23H24NO5P/c1-2-27-23(25)24(18-20-12-6-3-7-13-20)19-30(26,28-21-14-8-4-9-15-21)29-22-16-10-5-11-17-22/h3-17H,2,18-19H2,1H3. The number of ether oxygens (including phenoxy) is 1. The lowest BCUT2D eigenvalue weighted by Gasteiger charge is -2.27. The number of nitrogens with zero attached hydrogens (tertiary/aromatic N) is 1. The first-order chi connectivity index (χ1) is 14.6. The van der Waals surface area contributed by atoms with Crippen molar-refractivity contribution in [2.24, 2.45) is 0 Å². The van der Waals surface area contributed by atoms with E-state index in [1.54, 1.807) is 55.5 Å². The fraction of sp³-hybridized carbons (Fsp3) is 0.174. The van der Waals surface area contributed by atoms with Gasteiger partial charge in [-0.05, 0) is 36.8 Å². The van der Waals surface area contributed by atoms with Gasteiger partial charge in [0.25, 0.3) is 0 Å². The molecule has 0 fully saturated rings. The zero-order chi connectivity index (χ0) is 21.2. The number of hydrogen-bond donors (Lipinski definition) is 0. The molecular weight excluding hydrogens is 401 g/mol. The molecule has 0 spiro atoms. The Bertz CT molecular complexity index is 921. The monoisotopic (exact) mass is 425 g/mol. The minimum Gasteiger partial charge on any atom is -0.450 e. The van der Waals surface area contributed by atoms with Crippen LogP contribution in [0.3, 0.4) is 0 Å². The maximum absolute atomic E-state index is 13.8. The number of para-hydroxylation sites is 2. The number of carbonyl (C=O) groups is 1. The third-order valence-electron chi connectivity index (χ3n) is 4.06. The van der Waals surface area contributed by atoms with E-state index in [0.29, 0.717) is 11.5 Å². The molecule has 3 aromatic rings. The highest BCUT2D eigenvalue weighted by Gasteiger charge is 2.34. The quantitative estimate of drug-likeness (QED) is 0.396. The number of benzene rings is 3. The molecule has 0 heterocycles. The molecule has 156 valence electrons. The Balaban J connectivity index is 1.88. The Morgan fingerprint density at radius 3 is 1.73 bits per heavy atom. The first-order valence-corrected chi connectivity index (χ1v) is 11.3. The van der Waals surface area contributed by atoms with Gasteiger partial charge in [-0.2, -0.15) is 0 Å². The van der Waals surface area contributed by atoms with Crippen LogP contribution >= 0.6 is 7.60 Å². The van der Waals surface area contributed by atoms with Gasteiger partial charge in [0.1, 0.15) is 17.8 Å². The van der Waals surface area contributed by atoms with Crippen LogP contribution in [0.15, 0.2) is 91.0 Å². The van der Waals surface area contributed by atoms with Gasteiger partial charge in [-0.1, -0.05) is 66.7 Å². The zero-order valence-corrected chi connectivity index (χ0v) is 17.6. The van der Waals surface area contributed by atoms with E-state index in [1.807, 2.05) is 42.5 Å². The molecule has 30 heavy (non-hydrogen) atoms. The van der Waals surface area contributed by atoms with Gasteiger partial charge in [-0.15, -0.1) is 0 Å². The highest BCUT2D eigenvalue weighted by atomic mass is 31.2. The van der Waals surface area contributed by atoms with Crippen molar-refractivity contribution in [2.75, 3.05) is 12.9 Å². The SMILES string of the molecule is CCOC(=O)N(Cc1ccccc1)CP(=O)(Oc1ccccc1)Oc1ccccc1. The van der Waals surface area contributed by atoms with Gasteiger partial charge >= 0.3 is 13.7 Å². The molecule has 0 N–H and O–H groups in total. The molecular formula is C23H24NO5P. The molecule has 0 unspecified atom stereocenters. The Morgan fingerprint density at radius 1 is 0.800 bits per heavy atom. The van der Waals surface area contributed by atoms with E-state index in [9.17, 15) is 9.36 Å². The van der Waals surface area contributed by atoms with Gasteiger partial charge in [0, 0.05) is 6.54 Å². The summed E-state index contributed by atoms with van der Waals surface area (Å²) in [7, 11) is -3.81. The summed E-state index contributed by atoms with van der Waals surface area (Å²) in [4.78, 5) is 13.9. The van der Waals surface area contributed by atoms with Crippen molar-refractivity contribution in [3.05, 3.63) is 96.6 Å². The van der Waals surface area contributed by atoms with E-state index >= 15 is 0 Å². The minimum absolute atomic E-state index is 0.202. The Kier molecular flexibility index (Phi) is 7.52. The molecule has 0 saturated carbocycles. The van der Waals surface area contributed by atoms with Gasteiger partial charge in [0.05, 0.1) is 6.61 Å². The molecule has 0 aliphatic rings. The fourth-order valence-electron chi connectivity index (χ4n) is 2.76. The third kappa shape index (κ3) is 6.39. The molecule has 0 atom stereocenters. The van der Waals surface area contributed by atoms with E-state index in [1.165, 1.54) is 4.90 Å². The van der Waals surface area contributed by atoms with Crippen molar-refractivity contribution in [3.63, 3.8) is 0 Å². The van der Waals surface area contributed by atoms with Crippen LogP contribution in [0.5, 0.6) is 11.5 Å². The molecule has 0 aliphatic heterocycles. The Labute approximate surface area is 176 Å². The van der Waals surface area contributed by atoms with Gasteiger partial charge < -0.3 is 13.8 Å². The number of hydrogen-bond acceptors (Lipinski definition) is 5. The number of rotatable bonds is 9. The lowest BCUT2D eigenvalue weighted by molar-refractivity contribution is 0.109. The van der Waals surface area contributed by atoms with Crippen LogP contribution in [0.25, 0.3) is 0 Å². The summed E-state index contributed by atoms with van der Waals surface area (Å²) in [6.07, 6.45) is -0.861. The molecule has 3 rings (SSSR count). The largest absolute Gasteiger partial charge is 0.450 e. The summed E-state index contributed by atoms with van der Waals surface area (Å²) in [5, 5.41) is 0. The van der Waals surface area contributed by atoms with Crippen LogP contribution in [0.4, 0.5) is 4.79 Å². The summed E-state index contributed by atoms with van der Waals surface area (Å²) in [5.74, 6) is 0.778. The van der Waals surface area contributed by atoms with E-state index < -0.39 is 13.7 Å².